The van der Waals surface area contributed by atoms with Crippen LogP contribution in [0.5, 0.6) is 5.75 Å². The maximum atomic E-state index is 12.3. The van der Waals surface area contributed by atoms with Crippen molar-refractivity contribution < 1.29 is 15.0 Å². The Balaban J connectivity index is 2.24. The van der Waals surface area contributed by atoms with Crippen LogP contribution in [0.25, 0.3) is 11.0 Å². The molecule has 0 aliphatic carbocycles. The van der Waals surface area contributed by atoms with Gasteiger partial charge in [0.05, 0.1) is 5.39 Å². The fourth-order valence-corrected chi connectivity index (χ4v) is 2.79. The number of hydrogen-bond acceptors (Lipinski definition) is 6. The molecule has 0 atom stereocenters. The summed E-state index contributed by atoms with van der Waals surface area (Å²) in [6.45, 7) is 5.30. The minimum absolute atomic E-state index is 0.110. The number of aromatic carboxylic acids is 1. The van der Waals surface area contributed by atoms with Gasteiger partial charge in [-0.1, -0.05) is 0 Å². The average molecular weight is 318 g/mol. The van der Waals surface area contributed by atoms with Crippen LogP contribution >= 0.6 is 0 Å². The predicted molar refractivity (Wildman–Crippen MR) is 85.4 cm³/mol. The molecule has 0 radical (unpaired) electrons. The number of rotatable bonds is 3. The van der Waals surface area contributed by atoms with Gasteiger partial charge in [0.25, 0.3) is 0 Å². The van der Waals surface area contributed by atoms with E-state index in [1.54, 1.807) is 4.57 Å². The third-order valence-electron chi connectivity index (χ3n) is 4.00. The number of fused-ring (bicyclic) bond motifs is 1. The molecule has 0 aromatic carbocycles. The monoisotopic (exact) mass is 318 g/mol. The lowest BCUT2D eigenvalue weighted by Crippen LogP contribution is -2.44. The van der Waals surface area contributed by atoms with Crippen LogP contribution in [0.15, 0.2) is 17.1 Å². The molecule has 3 rings (SSSR count). The summed E-state index contributed by atoms with van der Waals surface area (Å²) >= 11 is 0. The number of aryl methyl sites for hydroxylation is 1. The molecule has 3 heterocycles. The summed E-state index contributed by atoms with van der Waals surface area (Å²) in [5, 5.41) is 22.8. The van der Waals surface area contributed by atoms with Crippen molar-refractivity contribution in [1.29, 1.82) is 0 Å². The highest BCUT2D eigenvalue weighted by Crippen LogP contribution is 2.28. The number of anilines is 1. The second kappa shape index (κ2) is 5.88. The van der Waals surface area contributed by atoms with Crippen molar-refractivity contribution in [2.24, 2.45) is 0 Å². The number of carboxylic acids is 1. The first kappa shape index (κ1) is 15.3. The van der Waals surface area contributed by atoms with Gasteiger partial charge in [0.1, 0.15) is 11.2 Å². The van der Waals surface area contributed by atoms with Gasteiger partial charge in [-0.3, -0.25) is 4.79 Å². The zero-order chi connectivity index (χ0) is 16.6. The maximum absolute atomic E-state index is 12.3. The zero-order valence-electron chi connectivity index (χ0n) is 12.7. The number of hydrogen-bond donors (Lipinski definition) is 3. The summed E-state index contributed by atoms with van der Waals surface area (Å²) < 4.78 is 1.62. The maximum Gasteiger partial charge on any atom is 0.341 e. The summed E-state index contributed by atoms with van der Waals surface area (Å²) in [6.07, 6.45) is 1.30. The Labute approximate surface area is 132 Å². The number of carboxylic acid groups (broad SMARTS) is 1. The van der Waals surface area contributed by atoms with E-state index in [9.17, 15) is 14.7 Å². The lowest BCUT2D eigenvalue weighted by Gasteiger charge is -2.29. The Morgan fingerprint density at radius 2 is 2.09 bits per heavy atom. The van der Waals surface area contributed by atoms with E-state index in [1.165, 1.54) is 12.3 Å². The highest BCUT2D eigenvalue weighted by atomic mass is 16.4. The molecule has 23 heavy (non-hydrogen) atoms. The van der Waals surface area contributed by atoms with Crippen molar-refractivity contribution in [3.05, 3.63) is 28.0 Å². The molecule has 0 unspecified atom stereocenters. The van der Waals surface area contributed by atoms with Gasteiger partial charge in [0, 0.05) is 38.9 Å². The largest absolute Gasteiger partial charge is 0.504 e. The van der Waals surface area contributed by atoms with Gasteiger partial charge >= 0.3 is 5.97 Å². The van der Waals surface area contributed by atoms with Crippen LogP contribution in [0.1, 0.15) is 17.3 Å². The Hall–Kier alpha value is -2.61. The topological polar surface area (TPSA) is 108 Å². The molecule has 1 saturated heterocycles. The molecule has 8 heteroatoms. The molecular formula is C15H18N4O4. The van der Waals surface area contributed by atoms with Crippen molar-refractivity contribution in [1.82, 2.24) is 14.9 Å². The van der Waals surface area contributed by atoms with E-state index in [0.29, 0.717) is 31.1 Å². The van der Waals surface area contributed by atoms with E-state index in [2.05, 4.69) is 10.3 Å². The molecule has 0 amide bonds. The molecule has 8 nitrogen and oxygen atoms in total. The third-order valence-corrected chi connectivity index (χ3v) is 4.00. The first-order valence-corrected chi connectivity index (χ1v) is 7.49. The van der Waals surface area contributed by atoms with E-state index in [0.717, 1.165) is 13.1 Å². The van der Waals surface area contributed by atoms with E-state index in [1.807, 2.05) is 11.8 Å². The van der Waals surface area contributed by atoms with Gasteiger partial charge in [-0.25, -0.2) is 9.78 Å². The van der Waals surface area contributed by atoms with Crippen LogP contribution in [-0.2, 0) is 6.54 Å². The highest BCUT2D eigenvalue weighted by molar-refractivity contribution is 5.92. The predicted octanol–water partition coefficient (Wildman–Crippen LogP) is 0.230. The first-order valence-electron chi connectivity index (χ1n) is 7.49. The van der Waals surface area contributed by atoms with Crippen LogP contribution in [0.4, 0.5) is 5.82 Å². The number of aromatic hydroxyl groups is 1. The van der Waals surface area contributed by atoms with E-state index in [-0.39, 0.29) is 16.7 Å². The number of nitrogens with zero attached hydrogens (tertiary/aromatic N) is 3. The second-order valence-electron chi connectivity index (χ2n) is 5.40. The number of aromatic nitrogens is 2. The van der Waals surface area contributed by atoms with Crippen molar-refractivity contribution in [3.8, 4) is 5.75 Å². The third kappa shape index (κ3) is 2.61. The lowest BCUT2D eigenvalue weighted by atomic mass is 10.1. The summed E-state index contributed by atoms with van der Waals surface area (Å²) in [7, 11) is 0. The van der Waals surface area contributed by atoms with Crippen LogP contribution in [0, 0.1) is 0 Å². The Morgan fingerprint density at radius 1 is 1.39 bits per heavy atom. The number of nitrogens with one attached hydrogen (secondary N) is 1. The molecule has 1 aliphatic heterocycles. The molecular weight excluding hydrogens is 300 g/mol. The zero-order valence-corrected chi connectivity index (χ0v) is 12.7. The fraction of sp³-hybridized carbons (Fsp3) is 0.400. The Kier molecular flexibility index (Phi) is 3.91. The van der Waals surface area contributed by atoms with Crippen LogP contribution in [-0.4, -0.2) is 51.9 Å². The van der Waals surface area contributed by atoms with E-state index < -0.39 is 11.4 Å². The molecule has 1 fully saturated rings. The minimum atomic E-state index is -1.29. The summed E-state index contributed by atoms with van der Waals surface area (Å²) in [4.78, 5) is 29.9. The fourth-order valence-electron chi connectivity index (χ4n) is 2.79. The summed E-state index contributed by atoms with van der Waals surface area (Å²) in [5.74, 6) is -0.977. The number of carbonyl (C=O) groups is 1. The smallest absolute Gasteiger partial charge is 0.341 e. The van der Waals surface area contributed by atoms with Gasteiger partial charge in [-0.05, 0) is 13.0 Å². The van der Waals surface area contributed by atoms with Crippen molar-refractivity contribution in [2.75, 3.05) is 31.1 Å². The standard InChI is InChI=1S/C15H18N4O4/c1-2-18-8-10(15(22)23)12(21)9-7-11(20)14(17-13(9)18)19-5-3-16-4-6-19/h7-8,16,20H,2-6H2,1H3,(H,22,23). The van der Waals surface area contributed by atoms with Gasteiger partial charge in [0.2, 0.25) is 5.43 Å². The quantitative estimate of drug-likeness (QED) is 0.743. The van der Waals surface area contributed by atoms with Crippen molar-refractivity contribution in [2.45, 2.75) is 13.5 Å². The molecule has 0 bridgehead atoms. The molecule has 2 aromatic rings. The normalized spacial score (nSPS) is 15.1. The van der Waals surface area contributed by atoms with E-state index in [4.69, 9.17) is 5.11 Å². The molecule has 0 saturated carbocycles. The average Bonchev–Trinajstić information content (AvgIpc) is 2.55. The lowest BCUT2D eigenvalue weighted by molar-refractivity contribution is 0.0695. The Bertz CT molecular complexity index is 824. The molecule has 3 N–H and O–H groups in total. The van der Waals surface area contributed by atoms with Crippen molar-refractivity contribution in [3.63, 3.8) is 0 Å². The van der Waals surface area contributed by atoms with Gasteiger partial charge in [-0.2, -0.15) is 0 Å². The molecule has 1 aliphatic rings. The van der Waals surface area contributed by atoms with E-state index >= 15 is 0 Å². The second-order valence-corrected chi connectivity index (χ2v) is 5.40. The van der Waals surface area contributed by atoms with Crippen LogP contribution in [0.2, 0.25) is 0 Å². The van der Waals surface area contributed by atoms with Gasteiger partial charge in [0.15, 0.2) is 11.6 Å². The van der Waals surface area contributed by atoms with Crippen LogP contribution < -0.4 is 15.6 Å². The van der Waals surface area contributed by atoms with Gasteiger partial charge in [-0.15, -0.1) is 0 Å². The SMILES string of the molecule is CCn1cc(C(=O)O)c(=O)c2cc(O)c(N3CCNCC3)nc21. The highest BCUT2D eigenvalue weighted by Gasteiger charge is 2.21. The molecule has 2 aromatic heterocycles. The number of pyridine rings is 2. The Morgan fingerprint density at radius 3 is 2.70 bits per heavy atom. The summed E-state index contributed by atoms with van der Waals surface area (Å²) in [5.41, 5.74) is -0.573. The number of piperazine rings is 1. The van der Waals surface area contributed by atoms with Gasteiger partial charge < -0.3 is 25.0 Å². The van der Waals surface area contributed by atoms with Crippen molar-refractivity contribution >= 4 is 22.8 Å². The van der Waals surface area contributed by atoms with Crippen LogP contribution in [0.3, 0.4) is 0 Å². The molecule has 122 valence electrons. The summed E-state index contributed by atoms with van der Waals surface area (Å²) in [6, 6.07) is 1.32. The molecule has 0 spiro atoms. The first-order chi connectivity index (χ1) is 11.0. The minimum Gasteiger partial charge on any atom is -0.504 e.